The molecule has 0 saturated carbocycles. The van der Waals surface area contributed by atoms with E-state index in [1.165, 1.54) is 11.1 Å². The molecule has 0 spiro atoms. The Morgan fingerprint density at radius 2 is 1.58 bits per heavy atom. The maximum atomic E-state index is 12.2. The predicted molar refractivity (Wildman–Crippen MR) is 129 cm³/mol. The van der Waals surface area contributed by atoms with Crippen molar-refractivity contribution in [2.24, 2.45) is 0 Å². The summed E-state index contributed by atoms with van der Waals surface area (Å²) in [6.45, 7) is 5.86. The largest absolute Gasteiger partial charge is 0.460 e. The molecule has 0 unspecified atom stereocenters. The van der Waals surface area contributed by atoms with Gasteiger partial charge in [-0.05, 0) is 18.1 Å². The van der Waals surface area contributed by atoms with Crippen LogP contribution in [-0.4, -0.2) is 59.3 Å². The minimum atomic E-state index is -0.890. The molecule has 2 N–H and O–H groups in total. The van der Waals surface area contributed by atoms with Gasteiger partial charge in [0.1, 0.15) is 5.00 Å². The molecule has 1 aromatic heterocycles. The number of esters is 1. The van der Waals surface area contributed by atoms with E-state index < -0.39 is 11.8 Å². The molecule has 1 fully saturated rings. The van der Waals surface area contributed by atoms with Gasteiger partial charge in [0.2, 0.25) is 0 Å². The Hall–Kier alpha value is -3.07. The number of thiazole rings is 1. The van der Waals surface area contributed by atoms with Crippen molar-refractivity contribution in [3.63, 3.8) is 0 Å². The average Bonchev–Trinajstić information content (AvgIpc) is 3.21. The Kier molecular flexibility index (Phi) is 7.49. The van der Waals surface area contributed by atoms with Gasteiger partial charge < -0.3 is 10.5 Å². The van der Waals surface area contributed by atoms with E-state index in [9.17, 15) is 9.59 Å². The highest BCUT2D eigenvalue weighted by Gasteiger charge is 2.28. The number of hydrogen-bond acceptors (Lipinski definition) is 8. The van der Waals surface area contributed by atoms with Crippen LogP contribution in [0, 0.1) is 0 Å². The number of anilines is 1. The number of hydrogen-bond donors (Lipinski definition) is 1. The van der Waals surface area contributed by atoms with Crippen LogP contribution in [0.5, 0.6) is 0 Å². The van der Waals surface area contributed by atoms with E-state index in [2.05, 4.69) is 63.3 Å². The van der Waals surface area contributed by atoms with Crippen molar-refractivity contribution in [1.82, 2.24) is 14.8 Å². The second-order valence-corrected chi connectivity index (χ2v) is 8.95. The summed E-state index contributed by atoms with van der Waals surface area (Å²) in [5.41, 5.74) is 9.32. The predicted octanol–water partition coefficient (Wildman–Crippen LogP) is 3.38. The molecule has 0 atom stereocenters. The molecule has 3 aromatic rings. The number of carbonyl (C=O) groups is 2. The standard InChI is InChI=1S/C25H28N4O3S/c1-2-32-25(31)22(30)24-27-20(23(26)33-24)17-28-13-15-29(16-14-28)21(18-9-5-3-6-10-18)19-11-7-4-8-12-19/h3-12,21H,2,13-17,26H2,1H3. The van der Waals surface area contributed by atoms with Crippen LogP contribution in [0.3, 0.4) is 0 Å². The first-order chi connectivity index (χ1) is 16.1. The summed E-state index contributed by atoms with van der Waals surface area (Å²) < 4.78 is 4.79. The van der Waals surface area contributed by atoms with E-state index in [-0.39, 0.29) is 17.7 Å². The number of rotatable bonds is 8. The smallest absolute Gasteiger partial charge is 0.382 e. The molecule has 0 aliphatic carbocycles. The van der Waals surface area contributed by atoms with Crippen molar-refractivity contribution in [1.29, 1.82) is 0 Å². The summed E-state index contributed by atoms with van der Waals surface area (Å²) in [5, 5.41) is 0.560. The fraction of sp³-hybridized carbons (Fsp3) is 0.320. The number of benzene rings is 2. The number of carbonyl (C=O) groups excluding carboxylic acids is 2. The molecular weight excluding hydrogens is 436 g/mol. The quantitative estimate of drug-likeness (QED) is 0.311. The lowest BCUT2D eigenvalue weighted by molar-refractivity contribution is -0.137. The number of piperazine rings is 1. The molecule has 8 heteroatoms. The number of ether oxygens (including phenoxy) is 1. The molecule has 2 heterocycles. The maximum Gasteiger partial charge on any atom is 0.382 e. The third kappa shape index (κ3) is 5.47. The summed E-state index contributed by atoms with van der Waals surface area (Å²) in [5.74, 6) is -1.63. The summed E-state index contributed by atoms with van der Waals surface area (Å²) in [7, 11) is 0. The fourth-order valence-corrected chi connectivity index (χ4v) is 4.90. The van der Waals surface area contributed by atoms with Crippen LogP contribution in [-0.2, 0) is 16.1 Å². The van der Waals surface area contributed by atoms with Crippen molar-refractivity contribution in [2.45, 2.75) is 19.5 Å². The van der Waals surface area contributed by atoms with E-state index in [0.29, 0.717) is 17.2 Å². The average molecular weight is 465 g/mol. The SMILES string of the molecule is CCOC(=O)C(=O)c1nc(CN2CCN(C(c3ccccc3)c3ccccc3)CC2)c(N)s1. The Bertz CT molecular complexity index is 1040. The number of Topliss-reactive ketones (excluding diaryl/α,β-unsaturated/α-hetero) is 1. The molecule has 4 rings (SSSR count). The highest BCUT2D eigenvalue weighted by Crippen LogP contribution is 2.30. The van der Waals surface area contributed by atoms with Crippen LogP contribution in [0.4, 0.5) is 5.00 Å². The topological polar surface area (TPSA) is 88.8 Å². The summed E-state index contributed by atoms with van der Waals surface area (Å²) in [4.78, 5) is 33.0. The maximum absolute atomic E-state index is 12.2. The minimum absolute atomic E-state index is 0.0906. The molecule has 1 saturated heterocycles. The van der Waals surface area contributed by atoms with Crippen molar-refractivity contribution in [3.8, 4) is 0 Å². The highest BCUT2D eigenvalue weighted by molar-refractivity contribution is 7.18. The van der Waals surface area contributed by atoms with Crippen LogP contribution in [0.25, 0.3) is 0 Å². The Labute approximate surface area is 197 Å². The van der Waals surface area contributed by atoms with Crippen LogP contribution in [0.2, 0.25) is 0 Å². The third-order valence-corrected chi connectivity index (χ3v) is 6.68. The van der Waals surface area contributed by atoms with E-state index in [1.54, 1.807) is 6.92 Å². The molecular formula is C25H28N4O3S. The van der Waals surface area contributed by atoms with Gasteiger partial charge in [0.25, 0.3) is 5.78 Å². The van der Waals surface area contributed by atoms with Crippen molar-refractivity contribution < 1.29 is 14.3 Å². The van der Waals surface area contributed by atoms with Crippen LogP contribution in [0.15, 0.2) is 60.7 Å². The third-order valence-electron chi connectivity index (χ3n) is 5.76. The van der Waals surface area contributed by atoms with Crippen molar-refractivity contribution in [3.05, 3.63) is 82.5 Å². The molecule has 0 radical (unpaired) electrons. The molecule has 1 aliphatic rings. The molecule has 33 heavy (non-hydrogen) atoms. The zero-order valence-corrected chi connectivity index (χ0v) is 19.5. The molecule has 1 aliphatic heterocycles. The summed E-state index contributed by atoms with van der Waals surface area (Å²) in [6, 6.07) is 21.4. The lowest BCUT2D eigenvalue weighted by Crippen LogP contribution is -2.47. The molecule has 7 nitrogen and oxygen atoms in total. The van der Waals surface area contributed by atoms with Gasteiger partial charge >= 0.3 is 5.97 Å². The van der Waals surface area contributed by atoms with Crippen LogP contribution in [0.1, 0.15) is 39.6 Å². The second kappa shape index (κ2) is 10.7. The normalized spacial score (nSPS) is 15.0. The van der Waals surface area contributed by atoms with Crippen LogP contribution >= 0.6 is 11.3 Å². The molecule has 0 amide bonds. The summed E-state index contributed by atoms with van der Waals surface area (Å²) in [6.07, 6.45) is 0. The Morgan fingerprint density at radius 1 is 1.00 bits per heavy atom. The molecule has 2 aromatic carbocycles. The Morgan fingerprint density at radius 3 is 2.12 bits per heavy atom. The van der Waals surface area contributed by atoms with E-state index in [4.69, 9.17) is 10.5 Å². The van der Waals surface area contributed by atoms with Gasteiger partial charge in [-0.2, -0.15) is 0 Å². The van der Waals surface area contributed by atoms with Gasteiger partial charge in [-0.1, -0.05) is 72.0 Å². The zero-order chi connectivity index (χ0) is 23.2. The first-order valence-electron chi connectivity index (χ1n) is 11.1. The highest BCUT2D eigenvalue weighted by atomic mass is 32.1. The van der Waals surface area contributed by atoms with Gasteiger partial charge in [-0.15, -0.1) is 0 Å². The number of ketones is 1. The van der Waals surface area contributed by atoms with Gasteiger partial charge in [-0.25, -0.2) is 9.78 Å². The van der Waals surface area contributed by atoms with Crippen LogP contribution < -0.4 is 5.73 Å². The zero-order valence-electron chi connectivity index (χ0n) is 18.6. The minimum Gasteiger partial charge on any atom is -0.460 e. The van der Waals surface area contributed by atoms with Crippen molar-refractivity contribution >= 4 is 28.1 Å². The number of nitrogens with two attached hydrogens (primary N) is 1. The molecule has 0 bridgehead atoms. The lowest BCUT2D eigenvalue weighted by Gasteiger charge is -2.39. The second-order valence-electron chi connectivity index (χ2n) is 7.92. The number of aromatic nitrogens is 1. The van der Waals surface area contributed by atoms with Gasteiger partial charge in [-0.3, -0.25) is 14.6 Å². The van der Waals surface area contributed by atoms with Crippen molar-refractivity contribution in [2.75, 3.05) is 38.5 Å². The van der Waals surface area contributed by atoms with E-state index in [0.717, 1.165) is 37.5 Å². The first kappa shape index (κ1) is 23.1. The van der Waals surface area contributed by atoms with E-state index in [1.807, 2.05) is 12.1 Å². The van der Waals surface area contributed by atoms with Gasteiger partial charge in [0, 0.05) is 32.7 Å². The number of nitrogens with zero attached hydrogens (tertiary/aromatic N) is 3. The first-order valence-corrected chi connectivity index (χ1v) is 11.9. The monoisotopic (exact) mass is 464 g/mol. The number of nitrogen functional groups attached to an aromatic ring is 1. The lowest BCUT2D eigenvalue weighted by atomic mass is 9.96. The summed E-state index contributed by atoms with van der Waals surface area (Å²) >= 11 is 1.04. The molecule has 172 valence electrons. The van der Waals surface area contributed by atoms with E-state index >= 15 is 0 Å². The fourth-order valence-electron chi connectivity index (χ4n) is 4.13. The Balaban J connectivity index is 1.42. The van der Waals surface area contributed by atoms with Gasteiger partial charge in [0.15, 0.2) is 5.01 Å². The van der Waals surface area contributed by atoms with Gasteiger partial charge in [0.05, 0.1) is 18.3 Å².